The lowest BCUT2D eigenvalue weighted by Gasteiger charge is -2.21. The van der Waals surface area contributed by atoms with Gasteiger partial charge in [-0.15, -0.1) is 11.8 Å². The first kappa shape index (κ1) is 14.3. The van der Waals surface area contributed by atoms with E-state index in [-0.39, 0.29) is 11.8 Å². The maximum absolute atomic E-state index is 12.4. The lowest BCUT2D eigenvalue weighted by atomic mass is 10.1. The van der Waals surface area contributed by atoms with Crippen LogP contribution in [0.2, 0.25) is 0 Å². The van der Waals surface area contributed by atoms with Gasteiger partial charge in [0, 0.05) is 13.6 Å². The Morgan fingerprint density at radius 1 is 1.52 bits per heavy atom. The maximum Gasteiger partial charge on any atom is 0.272 e. The second kappa shape index (κ2) is 6.03. The van der Waals surface area contributed by atoms with E-state index < -0.39 is 0 Å². The van der Waals surface area contributed by atoms with Crippen molar-refractivity contribution in [2.75, 3.05) is 37.8 Å². The summed E-state index contributed by atoms with van der Waals surface area (Å²) < 4.78 is 0. The van der Waals surface area contributed by atoms with Crippen LogP contribution in [0.1, 0.15) is 16.9 Å². The molecule has 2 amide bonds. The van der Waals surface area contributed by atoms with Crippen molar-refractivity contribution in [3.63, 3.8) is 0 Å². The van der Waals surface area contributed by atoms with Gasteiger partial charge < -0.3 is 15.5 Å². The van der Waals surface area contributed by atoms with Gasteiger partial charge in [0.15, 0.2) is 0 Å². The Bertz CT molecular complexity index is 572. The van der Waals surface area contributed by atoms with Crippen LogP contribution in [0, 0.1) is 5.92 Å². The number of aromatic nitrogens is 1. The van der Waals surface area contributed by atoms with Crippen LogP contribution >= 0.6 is 11.8 Å². The molecular weight excluding hydrogens is 288 g/mol. The lowest BCUT2D eigenvalue weighted by molar-refractivity contribution is -0.113. The Hall–Kier alpha value is -1.60. The fourth-order valence-electron chi connectivity index (χ4n) is 2.62. The summed E-state index contributed by atoms with van der Waals surface area (Å²) in [4.78, 5) is 30.7. The molecule has 1 saturated heterocycles. The minimum Gasteiger partial charge on any atom is -0.340 e. The van der Waals surface area contributed by atoms with Crippen molar-refractivity contribution in [1.82, 2.24) is 15.2 Å². The van der Waals surface area contributed by atoms with Crippen LogP contribution in [0.4, 0.5) is 5.82 Å². The molecule has 0 spiro atoms. The highest BCUT2D eigenvalue weighted by molar-refractivity contribution is 8.00. The molecule has 3 heterocycles. The predicted octanol–water partition coefficient (Wildman–Crippen LogP) is 0.807. The zero-order chi connectivity index (χ0) is 14.8. The molecule has 0 aromatic carbocycles. The van der Waals surface area contributed by atoms with Crippen molar-refractivity contribution in [1.29, 1.82) is 0 Å². The van der Waals surface area contributed by atoms with Crippen LogP contribution in [0.15, 0.2) is 17.0 Å². The molecule has 2 aliphatic rings. The lowest BCUT2D eigenvalue weighted by Crippen LogP contribution is -2.33. The second-order valence-corrected chi connectivity index (χ2v) is 6.44. The molecule has 1 fully saturated rings. The van der Waals surface area contributed by atoms with Crippen LogP contribution in [0.25, 0.3) is 0 Å². The molecule has 1 aromatic heterocycles. The van der Waals surface area contributed by atoms with E-state index in [0.29, 0.717) is 23.2 Å². The molecule has 21 heavy (non-hydrogen) atoms. The van der Waals surface area contributed by atoms with Gasteiger partial charge in [0.05, 0.1) is 10.6 Å². The summed E-state index contributed by atoms with van der Waals surface area (Å²) in [5, 5.41) is 6.01. The monoisotopic (exact) mass is 306 g/mol. The number of thioether (sulfide) groups is 1. The molecule has 7 heteroatoms. The van der Waals surface area contributed by atoms with E-state index in [1.807, 2.05) is 6.07 Å². The molecule has 112 valence electrons. The number of nitrogens with one attached hydrogen (secondary N) is 2. The van der Waals surface area contributed by atoms with Crippen molar-refractivity contribution in [2.24, 2.45) is 5.92 Å². The molecule has 1 unspecified atom stereocenters. The topological polar surface area (TPSA) is 74.3 Å². The van der Waals surface area contributed by atoms with E-state index >= 15 is 0 Å². The molecule has 6 nitrogen and oxygen atoms in total. The van der Waals surface area contributed by atoms with Gasteiger partial charge in [-0.3, -0.25) is 9.59 Å². The van der Waals surface area contributed by atoms with E-state index in [1.165, 1.54) is 11.8 Å². The molecule has 2 N–H and O–H groups in total. The fraction of sp³-hybridized carbons (Fsp3) is 0.500. The third kappa shape index (κ3) is 3.19. The number of hydrogen-bond donors (Lipinski definition) is 2. The van der Waals surface area contributed by atoms with Gasteiger partial charge >= 0.3 is 0 Å². The van der Waals surface area contributed by atoms with E-state index in [9.17, 15) is 9.59 Å². The van der Waals surface area contributed by atoms with Crippen LogP contribution in [0.3, 0.4) is 0 Å². The number of rotatable bonds is 3. The summed E-state index contributed by atoms with van der Waals surface area (Å²) in [7, 11) is 1.80. The largest absolute Gasteiger partial charge is 0.340 e. The van der Waals surface area contributed by atoms with Gasteiger partial charge in [0.1, 0.15) is 11.5 Å². The highest BCUT2D eigenvalue weighted by Gasteiger charge is 2.23. The number of carbonyl (C=O) groups is 2. The summed E-state index contributed by atoms with van der Waals surface area (Å²) in [5.74, 6) is 1.23. The van der Waals surface area contributed by atoms with Gasteiger partial charge in [-0.25, -0.2) is 4.98 Å². The number of fused-ring (bicyclic) bond motifs is 1. The molecule has 0 bridgehead atoms. The Balaban J connectivity index is 1.72. The van der Waals surface area contributed by atoms with Crippen molar-refractivity contribution in [3.05, 3.63) is 17.8 Å². The van der Waals surface area contributed by atoms with Gasteiger partial charge in [-0.2, -0.15) is 0 Å². The highest BCUT2D eigenvalue weighted by Crippen LogP contribution is 2.29. The Morgan fingerprint density at radius 2 is 2.38 bits per heavy atom. The molecule has 0 radical (unpaired) electrons. The van der Waals surface area contributed by atoms with E-state index in [0.717, 1.165) is 31.0 Å². The summed E-state index contributed by atoms with van der Waals surface area (Å²) in [6.07, 6.45) is 1.10. The molecule has 3 rings (SSSR count). The SMILES string of the molecule is CN(CC1CCNC1)C(=O)c1ccc2c(n1)NC(=O)CS2. The van der Waals surface area contributed by atoms with Crippen LogP contribution < -0.4 is 10.6 Å². The van der Waals surface area contributed by atoms with Crippen molar-refractivity contribution < 1.29 is 9.59 Å². The number of carbonyl (C=O) groups excluding carboxylic acids is 2. The molecule has 0 aliphatic carbocycles. The third-order valence-corrected chi connectivity index (χ3v) is 4.78. The van der Waals surface area contributed by atoms with E-state index in [4.69, 9.17) is 0 Å². The average Bonchev–Trinajstić information content (AvgIpc) is 2.98. The number of anilines is 1. The second-order valence-electron chi connectivity index (χ2n) is 5.42. The fourth-order valence-corrected chi connectivity index (χ4v) is 3.38. The van der Waals surface area contributed by atoms with Crippen molar-refractivity contribution in [2.45, 2.75) is 11.3 Å². The first-order valence-electron chi connectivity index (χ1n) is 7.03. The van der Waals surface area contributed by atoms with Crippen LogP contribution in [-0.2, 0) is 4.79 Å². The normalized spacial score (nSPS) is 20.8. The summed E-state index contributed by atoms with van der Waals surface area (Å²) in [6.45, 7) is 2.71. The number of nitrogens with zero attached hydrogens (tertiary/aromatic N) is 2. The molecule has 1 atom stereocenters. The van der Waals surface area contributed by atoms with Gasteiger partial charge in [-0.1, -0.05) is 0 Å². The third-order valence-electron chi connectivity index (χ3n) is 3.74. The number of pyridine rings is 1. The minimum atomic E-state index is -0.102. The van der Waals surface area contributed by atoms with Crippen LogP contribution in [-0.4, -0.2) is 54.1 Å². The standard InChI is InChI=1S/C14H18N4O2S/c1-18(7-9-4-5-15-6-9)14(20)10-2-3-11-13(16-10)17-12(19)8-21-11/h2-3,9,15H,4-8H2,1H3,(H,16,17,19). The van der Waals surface area contributed by atoms with Gasteiger partial charge in [-0.05, 0) is 37.6 Å². The Labute approximate surface area is 127 Å². The molecule has 2 aliphatic heterocycles. The minimum absolute atomic E-state index is 0.0741. The maximum atomic E-state index is 12.4. The molecular formula is C14H18N4O2S. The first-order valence-corrected chi connectivity index (χ1v) is 8.02. The Kier molecular flexibility index (Phi) is 4.12. The van der Waals surface area contributed by atoms with Crippen molar-refractivity contribution in [3.8, 4) is 0 Å². The van der Waals surface area contributed by atoms with Crippen molar-refractivity contribution >= 4 is 29.4 Å². The Morgan fingerprint density at radius 3 is 3.14 bits per heavy atom. The van der Waals surface area contributed by atoms with E-state index in [2.05, 4.69) is 15.6 Å². The highest BCUT2D eigenvalue weighted by atomic mass is 32.2. The molecule has 0 saturated carbocycles. The molecule has 1 aromatic rings. The van der Waals surface area contributed by atoms with E-state index in [1.54, 1.807) is 18.0 Å². The van der Waals surface area contributed by atoms with Gasteiger partial charge in [0.25, 0.3) is 5.91 Å². The quantitative estimate of drug-likeness (QED) is 0.864. The summed E-state index contributed by atoms with van der Waals surface area (Å²) in [5.41, 5.74) is 0.380. The number of hydrogen-bond acceptors (Lipinski definition) is 5. The zero-order valence-corrected chi connectivity index (χ0v) is 12.7. The predicted molar refractivity (Wildman–Crippen MR) is 81.5 cm³/mol. The van der Waals surface area contributed by atoms with Crippen LogP contribution in [0.5, 0.6) is 0 Å². The zero-order valence-electron chi connectivity index (χ0n) is 11.9. The first-order chi connectivity index (χ1) is 10.1. The average molecular weight is 306 g/mol. The summed E-state index contributed by atoms with van der Waals surface area (Å²) >= 11 is 1.44. The smallest absolute Gasteiger partial charge is 0.272 e. The number of amides is 2. The van der Waals surface area contributed by atoms with Gasteiger partial charge in [0.2, 0.25) is 5.91 Å². The summed E-state index contributed by atoms with van der Waals surface area (Å²) in [6, 6.07) is 3.58.